The molecule has 1 atom stereocenters. The molecule has 0 fully saturated rings. The lowest BCUT2D eigenvalue weighted by Crippen LogP contribution is -2.46. The van der Waals surface area contributed by atoms with Gasteiger partial charge in [-0.15, -0.1) is 0 Å². The number of hydrogen-bond donors (Lipinski definition) is 3. The molecule has 0 saturated carbocycles. The third-order valence-corrected chi connectivity index (χ3v) is 5.84. The van der Waals surface area contributed by atoms with Gasteiger partial charge in [-0.3, -0.25) is 4.79 Å². The molecule has 1 aliphatic carbocycles. The molecule has 8 nitrogen and oxygen atoms in total. The van der Waals surface area contributed by atoms with Crippen molar-refractivity contribution in [1.82, 2.24) is 10.6 Å². The molecule has 1 aromatic heterocycles. The number of benzene rings is 2. The highest BCUT2D eigenvalue weighted by Gasteiger charge is 2.29. The van der Waals surface area contributed by atoms with Crippen molar-refractivity contribution in [3.63, 3.8) is 0 Å². The molecule has 0 radical (unpaired) electrons. The molecule has 4 rings (SSSR count). The summed E-state index contributed by atoms with van der Waals surface area (Å²) in [5.74, 6) is -1.55. The minimum absolute atomic E-state index is 0.0126. The van der Waals surface area contributed by atoms with Crippen LogP contribution in [0, 0.1) is 0 Å². The molecular formula is C26H26N2O6. The number of alkyl carbamates (subject to hydrolysis) is 1. The lowest BCUT2D eigenvalue weighted by molar-refractivity contribution is -0.123. The summed E-state index contributed by atoms with van der Waals surface area (Å²) in [4.78, 5) is 36.1. The minimum atomic E-state index is -1.18. The van der Waals surface area contributed by atoms with Crippen LogP contribution in [0.25, 0.3) is 11.1 Å². The first-order valence-corrected chi connectivity index (χ1v) is 11.2. The number of carboxylic acids is 1. The Labute approximate surface area is 196 Å². The van der Waals surface area contributed by atoms with E-state index in [-0.39, 0.29) is 24.8 Å². The van der Waals surface area contributed by atoms with E-state index in [1.165, 1.54) is 12.1 Å². The number of rotatable bonds is 9. The average molecular weight is 463 g/mol. The smallest absolute Gasteiger partial charge is 0.407 e. The molecule has 8 heteroatoms. The van der Waals surface area contributed by atoms with Gasteiger partial charge in [0.1, 0.15) is 18.4 Å². The topological polar surface area (TPSA) is 118 Å². The van der Waals surface area contributed by atoms with Gasteiger partial charge in [0.15, 0.2) is 0 Å². The Hall–Kier alpha value is -4.07. The van der Waals surface area contributed by atoms with Crippen molar-refractivity contribution in [3.05, 3.63) is 83.3 Å². The highest BCUT2D eigenvalue weighted by atomic mass is 16.5. The fourth-order valence-corrected chi connectivity index (χ4v) is 4.23. The predicted octanol–water partition coefficient (Wildman–Crippen LogP) is 4.30. The molecule has 0 aliphatic heterocycles. The lowest BCUT2D eigenvalue weighted by Gasteiger charge is -2.19. The van der Waals surface area contributed by atoms with Crippen molar-refractivity contribution in [2.45, 2.75) is 38.3 Å². The zero-order valence-electron chi connectivity index (χ0n) is 18.7. The zero-order valence-corrected chi connectivity index (χ0v) is 18.7. The van der Waals surface area contributed by atoms with Gasteiger partial charge < -0.3 is 24.9 Å². The Morgan fingerprint density at radius 2 is 1.65 bits per heavy atom. The van der Waals surface area contributed by atoms with E-state index in [9.17, 15) is 14.4 Å². The monoisotopic (exact) mass is 462 g/mol. The van der Waals surface area contributed by atoms with Crippen molar-refractivity contribution in [1.29, 1.82) is 0 Å². The Bertz CT molecular complexity index is 1160. The van der Waals surface area contributed by atoms with E-state index < -0.39 is 24.0 Å². The van der Waals surface area contributed by atoms with Crippen LogP contribution in [0.5, 0.6) is 0 Å². The van der Waals surface area contributed by atoms with Gasteiger partial charge in [-0.1, -0.05) is 61.9 Å². The summed E-state index contributed by atoms with van der Waals surface area (Å²) < 4.78 is 10.7. The van der Waals surface area contributed by atoms with Gasteiger partial charge in [0.25, 0.3) is 0 Å². The molecule has 176 valence electrons. The molecule has 2 aromatic carbocycles. The van der Waals surface area contributed by atoms with Gasteiger partial charge in [-0.05, 0) is 40.8 Å². The van der Waals surface area contributed by atoms with Crippen LogP contribution in [-0.4, -0.2) is 35.7 Å². The highest BCUT2D eigenvalue weighted by Crippen LogP contribution is 2.44. The van der Waals surface area contributed by atoms with E-state index >= 15 is 0 Å². The van der Waals surface area contributed by atoms with Crippen LogP contribution >= 0.6 is 0 Å². The van der Waals surface area contributed by atoms with Crippen LogP contribution in [0.2, 0.25) is 0 Å². The maximum Gasteiger partial charge on any atom is 0.407 e. The van der Waals surface area contributed by atoms with Gasteiger partial charge in [-0.2, -0.15) is 0 Å². The van der Waals surface area contributed by atoms with Crippen LogP contribution in [0.15, 0.2) is 65.1 Å². The number of fused-ring (bicyclic) bond motifs is 3. The van der Waals surface area contributed by atoms with Crippen LogP contribution in [0.4, 0.5) is 4.79 Å². The van der Waals surface area contributed by atoms with Crippen molar-refractivity contribution >= 4 is 18.0 Å². The molecule has 1 aliphatic rings. The second-order valence-corrected chi connectivity index (χ2v) is 8.10. The molecule has 1 heterocycles. The Morgan fingerprint density at radius 1 is 1.00 bits per heavy atom. The van der Waals surface area contributed by atoms with E-state index in [1.54, 1.807) is 0 Å². The molecule has 0 saturated heterocycles. The first-order valence-electron chi connectivity index (χ1n) is 11.2. The van der Waals surface area contributed by atoms with Crippen molar-refractivity contribution < 1.29 is 28.6 Å². The Kier molecular flexibility index (Phi) is 6.96. The van der Waals surface area contributed by atoms with Gasteiger partial charge in [0, 0.05) is 5.92 Å². The number of nitrogens with one attached hydrogen (secondary N) is 2. The molecule has 3 N–H and O–H groups in total. The quantitative estimate of drug-likeness (QED) is 0.436. The second kappa shape index (κ2) is 10.2. The predicted molar refractivity (Wildman–Crippen MR) is 124 cm³/mol. The third kappa shape index (κ3) is 4.96. The van der Waals surface area contributed by atoms with E-state index in [1.807, 2.05) is 43.3 Å². The summed E-state index contributed by atoms with van der Waals surface area (Å²) in [6, 6.07) is 18.2. The molecular weight excluding hydrogens is 436 g/mol. The summed E-state index contributed by atoms with van der Waals surface area (Å²) >= 11 is 0. The minimum Gasteiger partial charge on any atom is -0.475 e. The normalized spacial score (nSPS) is 13.0. The first-order chi connectivity index (χ1) is 16.5. The van der Waals surface area contributed by atoms with E-state index in [0.29, 0.717) is 18.6 Å². The standard InChI is InChI=1S/C26H26N2O6/c1-2-7-22(24(29)27-14-16-12-13-23(34-16)25(30)31)28-26(32)33-15-21-19-10-5-3-8-17(19)18-9-4-6-11-20(18)21/h3-6,8-13,21-22H,2,7,14-15H2,1H3,(H,27,29)(H,28,32)(H,30,31)/t22-/m1/s1. The van der Waals surface area contributed by atoms with Crippen molar-refractivity contribution in [2.75, 3.05) is 6.61 Å². The highest BCUT2D eigenvalue weighted by molar-refractivity contribution is 5.86. The average Bonchev–Trinajstić information content (AvgIpc) is 3.44. The number of aromatic carboxylic acids is 1. The van der Waals surface area contributed by atoms with Crippen molar-refractivity contribution in [2.24, 2.45) is 0 Å². The molecule has 34 heavy (non-hydrogen) atoms. The zero-order chi connectivity index (χ0) is 24.1. The van der Waals surface area contributed by atoms with E-state index in [4.69, 9.17) is 14.3 Å². The van der Waals surface area contributed by atoms with Crippen LogP contribution < -0.4 is 10.6 Å². The fourth-order valence-electron chi connectivity index (χ4n) is 4.23. The van der Waals surface area contributed by atoms with Gasteiger partial charge in [0.2, 0.25) is 11.7 Å². The second-order valence-electron chi connectivity index (χ2n) is 8.10. The number of furan rings is 1. The number of carbonyl (C=O) groups excluding carboxylic acids is 2. The van der Waals surface area contributed by atoms with E-state index in [2.05, 4.69) is 22.8 Å². The third-order valence-electron chi connectivity index (χ3n) is 5.84. The summed E-state index contributed by atoms with van der Waals surface area (Å²) in [5.41, 5.74) is 4.50. The van der Waals surface area contributed by atoms with Crippen LogP contribution in [-0.2, 0) is 16.1 Å². The molecule has 0 unspecified atom stereocenters. The number of hydrogen-bond acceptors (Lipinski definition) is 5. The summed E-state index contributed by atoms with van der Waals surface area (Å²) in [6.45, 7) is 2.08. The van der Waals surface area contributed by atoms with Gasteiger partial charge in [-0.25, -0.2) is 9.59 Å². The van der Waals surface area contributed by atoms with Gasteiger partial charge in [0.05, 0.1) is 6.54 Å². The Morgan fingerprint density at radius 3 is 2.24 bits per heavy atom. The first kappa shape index (κ1) is 23.1. The van der Waals surface area contributed by atoms with Gasteiger partial charge >= 0.3 is 12.1 Å². The lowest BCUT2D eigenvalue weighted by atomic mass is 9.98. The number of carboxylic acid groups (broad SMARTS) is 1. The number of ether oxygens (including phenoxy) is 1. The number of amides is 2. The largest absolute Gasteiger partial charge is 0.475 e. The van der Waals surface area contributed by atoms with E-state index in [0.717, 1.165) is 22.3 Å². The molecule has 2 amide bonds. The Balaban J connectivity index is 1.35. The molecule has 3 aromatic rings. The number of carbonyl (C=O) groups is 3. The molecule has 0 bridgehead atoms. The fraction of sp³-hybridized carbons (Fsp3) is 0.269. The van der Waals surface area contributed by atoms with Crippen LogP contribution in [0.1, 0.15) is 53.1 Å². The van der Waals surface area contributed by atoms with Crippen molar-refractivity contribution in [3.8, 4) is 11.1 Å². The summed E-state index contributed by atoms with van der Waals surface area (Å²) in [7, 11) is 0. The summed E-state index contributed by atoms with van der Waals surface area (Å²) in [5, 5.41) is 14.2. The SMILES string of the molecule is CCC[C@@H](NC(=O)OCC1c2ccccc2-c2ccccc21)C(=O)NCc1ccc(C(=O)O)o1. The van der Waals surface area contributed by atoms with Crippen LogP contribution in [0.3, 0.4) is 0 Å². The molecule has 0 spiro atoms. The summed E-state index contributed by atoms with van der Waals surface area (Å²) in [6.07, 6.45) is 0.432. The maximum absolute atomic E-state index is 12.6. The maximum atomic E-state index is 12.6.